The third kappa shape index (κ3) is 7.33. The summed E-state index contributed by atoms with van der Waals surface area (Å²) in [6.45, 7) is 6.37. The molecule has 1 atom stereocenters. The van der Waals surface area contributed by atoms with Crippen molar-refractivity contribution in [1.29, 1.82) is 0 Å². The Morgan fingerprint density at radius 2 is 1.86 bits per heavy atom. The van der Waals surface area contributed by atoms with Gasteiger partial charge in [0.15, 0.2) is 11.5 Å². The number of methoxy groups -OCH3 is 1. The van der Waals surface area contributed by atoms with Crippen molar-refractivity contribution in [2.75, 3.05) is 64.6 Å². The van der Waals surface area contributed by atoms with Crippen LogP contribution in [0, 0.1) is 5.92 Å². The molecular weight excluding hydrogens is 388 g/mol. The molecule has 0 amide bonds. The van der Waals surface area contributed by atoms with Crippen molar-refractivity contribution in [3.8, 4) is 11.5 Å². The van der Waals surface area contributed by atoms with Gasteiger partial charge in [0.1, 0.15) is 12.7 Å². The average Bonchev–Trinajstić information content (AvgIpc) is 2.75. The number of ether oxygens (including phenoxy) is 2. The van der Waals surface area contributed by atoms with E-state index in [1.54, 1.807) is 7.11 Å². The average molecular weight is 425 g/mol. The van der Waals surface area contributed by atoms with E-state index < -0.39 is 6.10 Å². The Balaban J connectivity index is 1.47. The number of hydrogen-bond acceptors (Lipinski definition) is 7. The van der Waals surface area contributed by atoms with Crippen molar-refractivity contribution in [3.63, 3.8) is 0 Å². The fourth-order valence-corrected chi connectivity index (χ4v) is 5.10. The van der Waals surface area contributed by atoms with E-state index in [0.29, 0.717) is 24.8 Å². The molecular formula is C22H36N2O4S. The molecule has 2 fully saturated rings. The topological polar surface area (TPSA) is 65.4 Å². The summed E-state index contributed by atoms with van der Waals surface area (Å²) in [5.74, 6) is 4.35. The Hall–Kier alpha value is -0.990. The maximum absolute atomic E-state index is 10.3. The van der Waals surface area contributed by atoms with E-state index in [-0.39, 0.29) is 6.61 Å². The van der Waals surface area contributed by atoms with Crippen molar-refractivity contribution < 1.29 is 19.7 Å². The number of thioether (sulfide) groups is 1. The molecule has 0 radical (unpaired) electrons. The first-order valence-electron chi connectivity index (χ1n) is 10.8. The molecule has 2 saturated heterocycles. The monoisotopic (exact) mass is 424 g/mol. The number of rotatable bonds is 10. The van der Waals surface area contributed by atoms with Gasteiger partial charge in [-0.25, -0.2) is 0 Å². The fourth-order valence-electron chi connectivity index (χ4n) is 4.12. The maximum Gasteiger partial charge on any atom is 0.161 e. The molecule has 2 heterocycles. The van der Waals surface area contributed by atoms with Gasteiger partial charge in [0.25, 0.3) is 0 Å². The van der Waals surface area contributed by atoms with Crippen LogP contribution in [0.3, 0.4) is 0 Å². The molecule has 0 aliphatic carbocycles. The molecule has 2 aliphatic rings. The molecule has 2 aliphatic heterocycles. The summed E-state index contributed by atoms with van der Waals surface area (Å²) in [5, 5.41) is 19.4. The van der Waals surface area contributed by atoms with Crippen LogP contribution in [0.5, 0.6) is 11.5 Å². The van der Waals surface area contributed by atoms with Crippen LogP contribution in [-0.2, 0) is 6.54 Å². The molecule has 1 aromatic rings. The van der Waals surface area contributed by atoms with Crippen LogP contribution in [0.15, 0.2) is 18.2 Å². The standard InChI is InChI=1S/C22H36N2O4S/c1-27-22-14-19(15-23-7-4-18(5-8-23)6-11-25)2-3-21(22)28-17-20(26)16-24-9-12-29-13-10-24/h2-3,14,18,20,25-26H,4-13,15-17H2,1H3. The molecule has 0 aromatic heterocycles. The highest BCUT2D eigenvalue weighted by atomic mass is 32.2. The number of β-amino-alcohol motifs (C(OH)–C–C–N with tert-alkyl or cyclic N) is 1. The Kier molecular flexibility index (Phi) is 9.39. The molecule has 0 bridgehead atoms. The molecule has 3 rings (SSSR count). The Morgan fingerprint density at radius 1 is 1.10 bits per heavy atom. The molecule has 29 heavy (non-hydrogen) atoms. The molecule has 1 unspecified atom stereocenters. The molecule has 0 saturated carbocycles. The lowest BCUT2D eigenvalue weighted by Gasteiger charge is -2.31. The minimum atomic E-state index is -0.498. The number of aliphatic hydroxyl groups excluding tert-OH is 2. The molecule has 164 valence electrons. The third-order valence-electron chi connectivity index (χ3n) is 5.88. The van der Waals surface area contributed by atoms with Crippen LogP contribution >= 0.6 is 11.8 Å². The predicted molar refractivity (Wildman–Crippen MR) is 118 cm³/mol. The van der Waals surface area contributed by atoms with E-state index in [0.717, 1.165) is 69.2 Å². The normalized spacial score (nSPS) is 20.5. The quantitative estimate of drug-likeness (QED) is 0.596. The molecule has 7 heteroatoms. The van der Waals surface area contributed by atoms with Gasteiger partial charge >= 0.3 is 0 Å². The Morgan fingerprint density at radius 3 is 2.55 bits per heavy atom. The third-order valence-corrected chi connectivity index (χ3v) is 6.83. The minimum Gasteiger partial charge on any atom is -0.493 e. The van der Waals surface area contributed by atoms with Crippen molar-refractivity contribution >= 4 is 11.8 Å². The number of piperidine rings is 1. The number of likely N-dealkylation sites (tertiary alicyclic amines) is 1. The van der Waals surface area contributed by atoms with Crippen molar-refractivity contribution in [2.24, 2.45) is 5.92 Å². The van der Waals surface area contributed by atoms with Gasteiger partial charge in [-0.3, -0.25) is 9.80 Å². The first-order valence-corrected chi connectivity index (χ1v) is 11.9. The first-order chi connectivity index (χ1) is 14.2. The lowest BCUT2D eigenvalue weighted by molar-refractivity contribution is 0.0704. The number of benzene rings is 1. The summed E-state index contributed by atoms with van der Waals surface area (Å²) in [7, 11) is 1.66. The summed E-state index contributed by atoms with van der Waals surface area (Å²) >= 11 is 1.97. The van der Waals surface area contributed by atoms with Crippen LogP contribution < -0.4 is 9.47 Å². The van der Waals surface area contributed by atoms with Crippen LogP contribution in [0.4, 0.5) is 0 Å². The van der Waals surface area contributed by atoms with Gasteiger partial charge in [-0.1, -0.05) is 6.07 Å². The van der Waals surface area contributed by atoms with E-state index in [4.69, 9.17) is 14.6 Å². The number of nitrogens with zero attached hydrogens (tertiary/aromatic N) is 2. The highest BCUT2D eigenvalue weighted by Gasteiger charge is 2.20. The number of hydrogen-bond donors (Lipinski definition) is 2. The van der Waals surface area contributed by atoms with Gasteiger partial charge in [0.05, 0.1) is 7.11 Å². The van der Waals surface area contributed by atoms with Gasteiger partial charge in [0.2, 0.25) is 0 Å². The van der Waals surface area contributed by atoms with Gasteiger partial charge < -0.3 is 19.7 Å². The first kappa shape index (κ1) is 22.7. The summed E-state index contributed by atoms with van der Waals surface area (Å²) in [5.41, 5.74) is 1.21. The summed E-state index contributed by atoms with van der Waals surface area (Å²) in [4.78, 5) is 4.76. The van der Waals surface area contributed by atoms with Gasteiger partial charge in [0, 0.05) is 44.3 Å². The highest BCUT2D eigenvalue weighted by molar-refractivity contribution is 7.99. The summed E-state index contributed by atoms with van der Waals surface area (Å²) in [6, 6.07) is 6.09. The SMILES string of the molecule is COc1cc(CN2CCC(CCO)CC2)ccc1OCC(O)CN1CCSCC1. The molecule has 2 N–H and O–H groups in total. The van der Waals surface area contributed by atoms with Gasteiger partial charge in [-0.2, -0.15) is 11.8 Å². The van der Waals surface area contributed by atoms with E-state index in [1.807, 2.05) is 23.9 Å². The van der Waals surface area contributed by atoms with E-state index >= 15 is 0 Å². The van der Waals surface area contributed by atoms with Crippen molar-refractivity contribution in [2.45, 2.75) is 31.9 Å². The van der Waals surface area contributed by atoms with Crippen LogP contribution in [0.25, 0.3) is 0 Å². The van der Waals surface area contributed by atoms with E-state index in [9.17, 15) is 5.11 Å². The van der Waals surface area contributed by atoms with Crippen LogP contribution in [0.2, 0.25) is 0 Å². The maximum atomic E-state index is 10.3. The minimum absolute atomic E-state index is 0.276. The smallest absolute Gasteiger partial charge is 0.161 e. The Bertz CT molecular complexity index is 604. The van der Waals surface area contributed by atoms with Gasteiger partial charge in [-0.15, -0.1) is 0 Å². The van der Waals surface area contributed by atoms with Crippen LogP contribution in [-0.4, -0.2) is 90.7 Å². The Labute approximate surface area is 179 Å². The second-order valence-corrected chi connectivity index (χ2v) is 9.32. The zero-order valence-electron chi connectivity index (χ0n) is 17.6. The summed E-state index contributed by atoms with van der Waals surface area (Å²) < 4.78 is 11.4. The number of aliphatic hydroxyl groups is 2. The van der Waals surface area contributed by atoms with Gasteiger partial charge in [-0.05, 0) is 56.0 Å². The lowest BCUT2D eigenvalue weighted by Crippen LogP contribution is -2.40. The van der Waals surface area contributed by atoms with Crippen molar-refractivity contribution in [3.05, 3.63) is 23.8 Å². The zero-order valence-corrected chi connectivity index (χ0v) is 18.4. The lowest BCUT2D eigenvalue weighted by atomic mass is 9.94. The second kappa shape index (κ2) is 12.0. The fraction of sp³-hybridized carbons (Fsp3) is 0.727. The second-order valence-electron chi connectivity index (χ2n) is 8.09. The van der Waals surface area contributed by atoms with E-state index in [1.165, 1.54) is 5.56 Å². The highest BCUT2D eigenvalue weighted by Crippen LogP contribution is 2.29. The van der Waals surface area contributed by atoms with Crippen molar-refractivity contribution in [1.82, 2.24) is 9.80 Å². The molecule has 0 spiro atoms. The predicted octanol–water partition coefficient (Wildman–Crippen LogP) is 2.08. The zero-order chi connectivity index (χ0) is 20.5. The molecule has 6 nitrogen and oxygen atoms in total. The largest absolute Gasteiger partial charge is 0.493 e. The summed E-state index contributed by atoms with van der Waals surface area (Å²) in [6.07, 6.45) is 2.75. The van der Waals surface area contributed by atoms with Crippen LogP contribution in [0.1, 0.15) is 24.8 Å². The molecule has 1 aromatic carbocycles. The van der Waals surface area contributed by atoms with E-state index in [2.05, 4.69) is 15.9 Å².